The molecule has 20 heavy (non-hydrogen) atoms. The fraction of sp³-hybridized carbons (Fsp3) is 0.667. The minimum atomic E-state index is -0.340. The van der Waals surface area contributed by atoms with Gasteiger partial charge in [0, 0.05) is 17.7 Å². The predicted molar refractivity (Wildman–Crippen MR) is 83.5 cm³/mol. The fourth-order valence-corrected chi connectivity index (χ4v) is 2.14. The molecular weight excluding hydrogens is 251 g/mol. The van der Waals surface area contributed by atoms with E-state index in [0.717, 1.165) is 29.9 Å². The van der Waals surface area contributed by atoms with Crippen molar-refractivity contribution in [1.82, 2.24) is 4.98 Å². The zero-order valence-electron chi connectivity index (χ0n) is 13.4. The number of rotatable bonds is 4. The highest BCUT2D eigenvalue weighted by atomic mass is 16.7. The number of aryl methyl sites for hydroxylation is 1. The van der Waals surface area contributed by atoms with Crippen LogP contribution in [0.3, 0.4) is 0 Å². The lowest BCUT2D eigenvalue weighted by Gasteiger charge is -2.32. The van der Waals surface area contributed by atoms with Gasteiger partial charge in [0.25, 0.3) is 0 Å². The van der Waals surface area contributed by atoms with Gasteiger partial charge in [-0.1, -0.05) is 13.0 Å². The average Bonchev–Trinajstić information content (AvgIpc) is 2.55. The predicted octanol–water partition coefficient (Wildman–Crippen LogP) is 2.51. The Kier molecular flexibility index (Phi) is 4.12. The SMILES string of the molecule is CCCNc1ccc(B2OC(C)(C)C(C)(C)O2)c(C)n1. The van der Waals surface area contributed by atoms with Crippen molar-refractivity contribution in [3.8, 4) is 0 Å². The second-order valence-electron chi connectivity index (χ2n) is 6.39. The summed E-state index contributed by atoms with van der Waals surface area (Å²) in [6.07, 6.45) is 1.08. The minimum absolute atomic E-state index is 0.316. The van der Waals surface area contributed by atoms with Crippen LogP contribution in [0.2, 0.25) is 0 Å². The lowest BCUT2D eigenvalue weighted by Crippen LogP contribution is -2.41. The Morgan fingerprint density at radius 1 is 1.15 bits per heavy atom. The maximum Gasteiger partial charge on any atom is 0.496 e. The smallest absolute Gasteiger partial charge is 0.399 e. The van der Waals surface area contributed by atoms with E-state index in [0.29, 0.717) is 0 Å². The topological polar surface area (TPSA) is 43.4 Å². The molecule has 5 heteroatoms. The maximum atomic E-state index is 6.07. The molecule has 1 N–H and O–H groups in total. The minimum Gasteiger partial charge on any atom is -0.399 e. The maximum absolute atomic E-state index is 6.07. The first-order valence-corrected chi connectivity index (χ1v) is 7.34. The van der Waals surface area contributed by atoms with Crippen LogP contribution in [-0.4, -0.2) is 29.8 Å². The first-order valence-electron chi connectivity index (χ1n) is 7.34. The standard InChI is InChI=1S/C15H25BN2O2/c1-7-10-17-13-9-8-12(11(2)18-13)16-19-14(3,4)15(5,6)20-16/h8-9H,7,10H2,1-6H3,(H,17,18). The van der Waals surface area contributed by atoms with Crippen LogP contribution >= 0.6 is 0 Å². The summed E-state index contributed by atoms with van der Waals surface area (Å²) in [5.41, 5.74) is 1.32. The monoisotopic (exact) mass is 276 g/mol. The van der Waals surface area contributed by atoms with Crippen LogP contribution < -0.4 is 10.8 Å². The molecule has 1 aromatic heterocycles. The molecule has 0 amide bonds. The van der Waals surface area contributed by atoms with Gasteiger partial charge in [-0.3, -0.25) is 0 Å². The molecule has 0 radical (unpaired) electrons. The Labute approximate surface area is 122 Å². The third-order valence-corrected chi connectivity index (χ3v) is 4.19. The van der Waals surface area contributed by atoms with Gasteiger partial charge in [-0.05, 0) is 47.1 Å². The molecule has 0 aromatic carbocycles. The van der Waals surface area contributed by atoms with E-state index in [1.165, 1.54) is 0 Å². The molecule has 0 atom stereocenters. The summed E-state index contributed by atoms with van der Waals surface area (Å²) in [5, 5.41) is 3.29. The first-order chi connectivity index (χ1) is 9.27. The largest absolute Gasteiger partial charge is 0.496 e. The Bertz CT molecular complexity index is 473. The normalized spacial score (nSPS) is 20.2. The van der Waals surface area contributed by atoms with Gasteiger partial charge in [0.2, 0.25) is 0 Å². The van der Waals surface area contributed by atoms with E-state index in [-0.39, 0.29) is 18.3 Å². The van der Waals surface area contributed by atoms with Crippen LogP contribution in [0, 0.1) is 6.92 Å². The Balaban J connectivity index is 2.19. The molecule has 4 nitrogen and oxygen atoms in total. The van der Waals surface area contributed by atoms with Crippen LogP contribution in [-0.2, 0) is 9.31 Å². The van der Waals surface area contributed by atoms with Crippen molar-refractivity contribution in [2.75, 3.05) is 11.9 Å². The van der Waals surface area contributed by atoms with Gasteiger partial charge in [0.15, 0.2) is 0 Å². The summed E-state index contributed by atoms with van der Waals surface area (Å²) in [4.78, 5) is 4.58. The Hall–Kier alpha value is -1.07. The second-order valence-corrected chi connectivity index (χ2v) is 6.39. The molecule has 0 unspecified atom stereocenters. The molecule has 1 saturated heterocycles. The van der Waals surface area contributed by atoms with Gasteiger partial charge in [-0.2, -0.15) is 0 Å². The molecular formula is C15H25BN2O2. The zero-order chi connectivity index (χ0) is 15.0. The number of nitrogens with zero attached hydrogens (tertiary/aromatic N) is 1. The lowest BCUT2D eigenvalue weighted by molar-refractivity contribution is 0.00578. The summed E-state index contributed by atoms with van der Waals surface area (Å²) in [5.74, 6) is 0.907. The summed E-state index contributed by atoms with van der Waals surface area (Å²) in [6, 6.07) is 4.03. The number of nitrogens with one attached hydrogen (secondary N) is 1. The molecule has 1 aromatic rings. The van der Waals surface area contributed by atoms with Gasteiger partial charge in [0.1, 0.15) is 5.82 Å². The molecule has 1 aliphatic rings. The highest BCUT2D eigenvalue weighted by molar-refractivity contribution is 6.62. The van der Waals surface area contributed by atoms with Crippen molar-refractivity contribution in [3.05, 3.63) is 17.8 Å². The van der Waals surface area contributed by atoms with Gasteiger partial charge in [0.05, 0.1) is 11.2 Å². The molecule has 0 bridgehead atoms. The van der Waals surface area contributed by atoms with Crippen LogP contribution in [0.5, 0.6) is 0 Å². The van der Waals surface area contributed by atoms with E-state index < -0.39 is 0 Å². The highest BCUT2D eigenvalue weighted by Crippen LogP contribution is 2.36. The van der Waals surface area contributed by atoms with Crippen LogP contribution in [0.1, 0.15) is 46.7 Å². The number of aromatic nitrogens is 1. The number of hydrogen-bond acceptors (Lipinski definition) is 4. The summed E-state index contributed by atoms with van der Waals surface area (Å²) in [6.45, 7) is 13.3. The van der Waals surface area contributed by atoms with Crippen molar-refractivity contribution in [1.29, 1.82) is 0 Å². The van der Waals surface area contributed by atoms with Crippen molar-refractivity contribution in [3.63, 3.8) is 0 Å². The fourth-order valence-electron chi connectivity index (χ4n) is 2.14. The number of hydrogen-bond donors (Lipinski definition) is 1. The van der Waals surface area contributed by atoms with Crippen molar-refractivity contribution < 1.29 is 9.31 Å². The Morgan fingerprint density at radius 3 is 2.25 bits per heavy atom. The number of anilines is 1. The van der Waals surface area contributed by atoms with E-state index in [9.17, 15) is 0 Å². The quantitative estimate of drug-likeness (QED) is 0.858. The zero-order valence-corrected chi connectivity index (χ0v) is 13.4. The Morgan fingerprint density at radius 2 is 1.75 bits per heavy atom. The summed E-state index contributed by atoms with van der Waals surface area (Å²) >= 11 is 0. The number of pyridine rings is 1. The third kappa shape index (κ3) is 2.84. The van der Waals surface area contributed by atoms with Crippen molar-refractivity contribution >= 4 is 18.4 Å². The van der Waals surface area contributed by atoms with Gasteiger partial charge in [-0.15, -0.1) is 0 Å². The van der Waals surface area contributed by atoms with E-state index in [1.54, 1.807) is 0 Å². The highest BCUT2D eigenvalue weighted by Gasteiger charge is 2.52. The summed E-state index contributed by atoms with van der Waals surface area (Å²) < 4.78 is 12.1. The van der Waals surface area contributed by atoms with Crippen molar-refractivity contribution in [2.24, 2.45) is 0 Å². The molecule has 0 spiro atoms. The molecule has 1 fully saturated rings. The van der Waals surface area contributed by atoms with E-state index >= 15 is 0 Å². The van der Waals surface area contributed by atoms with Gasteiger partial charge < -0.3 is 14.6 Å². The third-order valence-electron chi connectivity index (χ3n) is 4.19. The average molecular weight is 276 g/mol. The van der Waals surface area contributed by atoms with E-state index in [1.807, 2.05) is 19.1 Å². The first kappa shape index (κ1) is 15.3. The van der Waals surface area contributed by atoms with E-state index in [4.69, 9.17) is 9.31 Å². The second kappa shape index (κ2) is 5.37. The van der Waals surface area contributed by atoms with Gasteiger partial charge in [-0.25, -0.2) is 4.98 Å². The van der Waals surface area contributed by atoms with E-state index in [2.05, 4.69) is 44.9 Å². The van der Waals surface area contributed by atoms with Crippen LogP contribution in [0.4, 0.5) is 5.82 Å². The molecule has 0 saturated carbocycles. The van der Waals surface area contributed by atoms with Crippen LogP contribution in [0.25, 0.3) is 0 Å². The molecule has 2 heterocycles. The molecule has 1 aliphatic heterocycles. The molecule has 110 valence electrons. The molecule has 0 aliphatic carbocycles. The summed E-state index contributed by atoms with van der Waals surface area (Å²) in [7, 11) is -0.340. The molecule has 2 rings (SSSR count). The van der Waals surface area contributed by atoms with Crippen LogP contribution in [0.15, 0.2) is 12.1 Å². The lowest BCUT2D eigenvalue weighted by atomic mass is 9.78. The van der Waals surface area contributed by atoms with Gasteiger partial charge >= 0.3 is 7.12 Å². The van der Waals surface area contributed by atoms with Crippen molar-refractivity contribution in [2.45, 2.75) is 59.2 Å².